The van der Waals surface area contributed by atoms with Gasteiger partial charge in [-0.2, -0.15) is 0 Å². The number of anilines is 5. The van der Waals surface area contributed by atoms with E-state index in [2.05, 4.69) is 0 Å². The zero-order valence-electron chi connectivity index (χ0n) is 37.3. The molecule has 10 nitrogen and oxygen atoms in total. The van der Waals surface area contributed by atoms with E-state index in [-0.39, 0.29) is 43.2 Å². The maximum Gasteiger partial charge on any atom is 0.264 e. The lowest BCUT2D eigenvalue weighted by Crippen LogP contribution is -2.48. The van der Waals surface area contributed by atoms with Crippen LogP contribution in [-0.4, -0.2) is 60.8 Å². The molecule has 7 aromatic carbocycles. The molecule has 67 heavy (non-hydrogen) atoms. The molecule has 0 saturated carbocycles. The van der Waals surface area contributed by atoms with Crippen molar-refractivity contribution in [3.05, 3.63) is 173 Å². The number of hydrogen-bond acceptors (Lipinski definition) is 6. The summed E-state index contributed by atoms with van der Waals surface area (Å²) in [5.41, 5.74) is 5.28. The molecule has 12 rings (SSSR count). The second kappa shape index (κ2) is 15.0. The minimum Gasteiger partial charge on any atom is -0.394 e. The molecule has 5 heterocycles. The monoisotopic (exact) mass is 906 g/mol. The van der Waals surface area contributed by atoms with Crippen molar-refractivity contribution in [2.24, 2.45) is 5.92 Å². The number of amides is 4. The summed E-state index contributed by atoms with van der Waals surface area (Å²) in [6, 6.07) is 43.6. The Balaban J connectivity index is 0.950. The van der Waals surface area contributed by atoms with Gasteiger partial charge in [0.2, 0.25) is 14.3 Å². The fourth-order valence-electron chi connectivity index (χ4n) is 12.2. The molecule has 334 valence electrons. The summed E-state index contributed by atoms with van der Waals surface area (Å²) in [5.74, 6) is -1.72. The van der Waals surface area contributed by atoms with Crippen molar-refractivity contribution in [3.8, 4) is 0 Å². The van der Waals surface area contributed by atoms with Crippen LogP contribution in [-0.2, 0) is 39.4 Å². The fourth-order valence-corrected chi connectivity index (χ4v) is 14.7. The van der Waals surface area contributed by atoms with E-state index in [9.17, 15) is 19.5 Å². The first-order valence-electron chi connectivity index (χ1n) is 23.0. The number of halogens is 1. The normalized spacial score (nSPS) is 22.8. The van der Waals surface area contributed by atoms with Crippen LogP contribution in [0.3, 0.4) is 0 Å². The third kappa shape index (κ3) is 6.05. The van der Waals surface area contributed by atoms with Gasteiger partial charge in [-0.3, -0.25) is 29.0 Å². The van der Waals surface area contributed by atoms with Crippen molar-refractivity contribution in [2.75, 3.05) is 21.3 Å². The minimum atomic E-state index is -3.71. The quantitative estimate of drug-likeness (QED) is 0.120. The van der Waals surface area contributed by atoms with Crippen LogP contribution in [0.2, 0.25) is 18.6 Å². The van der Waals surface area contributed by atoms with Crippen molar-refractivity contribution >= 4 is 82.0 Å². The second-order valence-corrected chi connectivity index (χ2v) is 23.0. The van der Waals surface area contributed by atoms with E-state index in [1.165, 1.54) is 0 Å². The molecule has 5 aliphatic rings. The van der Waals surface area contributed by atoms with Crippen LogP contribution < -0.4 is 14.7 Å². The van der Waals surface area contributed by atoms with Crippen molar-refractivity contribution in [2.45, 2.75) is 69.2 Å². The maximum atomic E-state index is 17.2. The number of ether oxygens (including phenoxy) is 1. The smallest absolute Gasteiger partial charge is 0.264 e. The van der Waals surface area contributed by atoms with E-state index in [1.54, 1.807) is 32.7 Å². The third-order valence-corrected chi connectivity index (χ3v) is 17.5. The molecular weight excluding hydrogens is 860 g/mol. The predicted molar refractivity (Wildman–Crippen MR) is 259 cm³/mol. The van der Waals surface area contributed by atoms with E-state index in [0.29, 0.717) is 46.7 Å². The van der Waals surface area contributed by atoms with Crippen molar-refractivity contribution < 1.29 is 33.1 Å². The molecule has 5 aliphatic heterocycles. The lowest BCUT2D eigenvalue weighted by atomic mass is 9.82. The Labute approximate surface area is 388 Å². The number of rotatable bonds is 8. The first-order valence-corrected chi connectivity index (χ1v) is 25.9. The van der Waals surface area contributed by atoms with E-state index < -0.39 is 37.6 Å². The number of carbonyl (C=O) groups excluding carboxylic acids is 4. The van der Waals surface area contributed by atoms with E-state index in [4.69, 9.17) is 4.74 Å². The number of nitrogens with zero attached hydrogens (tertiary/aromatic N) is 4. The lowest BCUT2D eigenvalue weighted by molar-refractivity contribution is -0.151. The fraction of sp³-hybridized carbons (Fsp3) is 0.236. The van der Waals surface area contributed by atoms with Gasteiger partial charge >= 0.3 is 0 Å². The average molecular weight is 907 g/mol. The average Bonchev–Trinajstić information content (AvgIpc) is 3.98. The van der Waals surface area contributed by atoms with Crippen LogP contribution in [0.15, 0.2) is 140 Å². The van der Waals surface area contributed by atoms with Crippen molar-refractivity contribution in [1.82, 2.24) is 4.90 Å². The third-order valence-electron chi connectivity index (χ3n) is 15.1. The molecule has 0 unspecified atom stereocenters. The Bertz CT molecular complexity index is 3290. The first-order chi connectivity index (χ1) is 32.4. The van der Waals surface area contributed by atoms with Gasteiger partial charge in [-0.05, 0) is 102 Å². The molecule has 7 aromatic rings. The molecule has 5 atom stereocenters. The highest BCUT2D eigenvalue weighted by atomic mass is 28.4. The van der Waals surface area contributed by atoms with Gasteiger partial charge < -0.3 is 23.8 Å². The van der Waals surface area contributed by atoms with Crippen LogP contribution in [0.4, 0.5) is 32.5 Å². The first kappa shape index (κ1) is 41.4. The summed E-state index contributed by atoms with van der Waals surface area (Å²) in [6.45, 7) is 5.26. The highest BCUT2D eigenvalue weighted by Crippen LogP contribution is 2.61. The van der Waals surface area contributed by atoms with Crippen LogP contribution in [0, 0.1) is 5.92 Å². The number of benzene rings is 7. The van der Waals surface area contributed by atoms with Gasteiger partial charge in [-0.15, -0.1) is 0 Å². The van der Waals surface area contributed by atoms with Crippen LogP contribution >= 0.6 is 0 Å². The van der Waals surface area contributed by atoms with Gasteiger partial charge in [-0.1, -0.05) is 91.9 Å². The highest BCUT2D eigenvalue weighted by Gasteiger charge is 2.67. The Morgan fingerprint density at radius 2 is 1.33 bits per heavy atom. The SMILES string of the molecule is C[C@H]1[C@H]([Si](C)(C)F)[C@@H](CC(=O)N2Cc3ccccc3C[C@H]2CO)O[C@]12C(=O)N(Cc1cccc(N3C(=O)c4cccc5cccc3c45)c1)c1ccc(N3C(=O)c4cccc5cccc3c45)cc12. The Hall–Kier alpha value is -6.99. The van der Waals surface area contributed by atoms with Crippen molar-refractivity contribution in [3.63, 3.8) is 0 Å². The van der Waals surface area contributed by atoms with Crippen LogP contribution in [0.25, 0.3) is 21.5 Å². The molecule has 1 spiro atoms. The zero-order chi connectivity index (χ0) is 46.1. The molecule has 1 saturated heterocycles. The summed E-state index contributed by atoms with van der Waals surface area (Å²) in [7, 11) is -3.71. The molecule has 4 amide bonds. The molecule has 0 radical (unpaired) electrons. The van der Waals surface area contributed by atoms with Gasteiger partial charge in [0, 0.05) is 45.7 Å². The van der Waals surface area contributed by atoms with E-state index in [1.807, 2.05) is 146 Å². The summed E-state index contributed by atoms with van der Waals surface area (Å²) < 4.78 is 24.3. The second-order valence-electron chi connectivity index (χ2n) is 19.2. The maximum absolute atomic E-state index is 17.2. The Morgan fingerprint density at radius 1 is 0.731 bits per heavy atom. The topological polar surface area (TPSA) is 111 Å². The summed E-state index contributed by atoms with van der Waals surface area (Å²) >= 11 is 0. The van der Waals surface area contributed by atoms with Gasteiger partial charge in [-0.25, -0.2) is 0 Å². The Morgan fingerprint density at radius 3 is 1.96 bits per heavy atom. The minimum absolute atomic E-state index is 0.0967. The van der Waals surface area contributed by atoms with E-state index >= 15 is 8.90 Å². The van der Waals surface area contributed by atoms with Crippen molar-refractivity contribution in [1.29, 1.82) is 0 Å². The van der Waals surface area contributed by atoms with Gasteiger partial charge in [0.25, 0.3) is 17.7 Å². The molecule has 1 N–H and O–H groups in total. The number of fused-ring (bicyclic) bond motifs is 3. The number of aliphatic hydroxyl groups is 1. The van der Waals surface area contributed by atoms with Gasteiger partial charge in [0.15, 0.2) is 5.60 Å². The Kier molecular flexibility index (Phi) is 9.28. The predicted octanol–water partition coefficient (Wildman–Crippen LogP) is 10.2. The highest BCUT2D eigenvalue weighted by molar-refractivity contribution is 6.72. The standard InChI is InChI=1S/C55H47FN4O6Si/c1-32-51(67(2,3)56)47(28-48(62)57-30-37-13-5-4-12-36(37)26-40(57)31-61)66-55(32)43-27-39(60-46-22-10-17-35-15-8-20-42(50(35)46)53(60)64)23-24-44(43)58(54(55)65)29-33-11-6-18-38(25-33)59-45-21-9-16-34-14-7-19-41(49(34)45)52(59)63/h4-25,27,32,40,47,51,61H,26,28-31H2,1-3H3/t32-,40-,47+,51-,55+/m0/s1. The number of carbonyl (C=O) groups is 4. The van der Waals surface area contributed by atoms with Gasteiger partial charge in [0.1, 0.15) is 0 Å². The molecule has 0 bridgehead atoms. The van der Waals surface area contributed by atoms with Crippen LogP contribution in [0.1, 0.15) is 56.3 Å². The number of aliphatic hydroxyl groups excluding tert-OH is 1. The molecule has 12 heteroatoms. The molecular formula is C55H47FN4O6Si. The molecule has 1 fully saturated rings. The summed E-state index contributed by atoms with van der Waals surface area (Å²) in [6.07, 6.45) is -0.657. The zero-order valence-corrected chi connectivity index (χ0v) is 38.3. The summed E-state index contributed by atoms with van der Waals surface area (Å²) in [5, 5.41) is 14.2. The largest absolute Gasteiger partial charge is 0.394 e. The number of hydrogen-bond donors (Lipinski definition) is 1. The van der Waals surface area contributed by atoms with Gasteiger partial charge in [0.05, 0.1) is 59.9 Å². The summed E-state index contributed by atoms with van der Waals surface area (Å²) in [4.78, 5) is 65.4. The van der Waals surface area contributed by atoms with Crippen LogP contribution in [0.5, 0.6) is 0 Å². The van der Waals surface area contributed by atoms with E-state index in [0.717, 1.165) is 49.6 Å². The molecule has 0 aromatic heterocycles. The lowest BCUT2D eigenvalue weighted by Gasteiger charge is -2.37. The molecule has 0 aliphatic carbocycles.